The summed E-state index contributed by atoms with van der Waals surface area (Å²) in [5, 5.41) is 0. The number of rotatable bonds is 6. The maximum Gasteiger partial charge on any atom is 0.122 e. The van der Waals surface area contributed by atoms with Gasteiger partial charge in [0.15, 0.2) is 0 Å². The van der Waals surface area contributed by atoms with Crippen molar-refractivity contribution in [3.63, 3.8) is 0 Å². The number of likely N-dealkylation sites (N-methyl/N-ethyl adjacent to an activating group) is 1. The molecule has 0 N–H and O–H groups in total. The van der Waals surface area contributed by atoms with Gasteiger partial charge in [0, 0.05) is 37.2 Å². The molecule has 0 aliphatic carbocycles. The van der Waals surface area contributed by atoms with E-state index in [1.54, 1.807) is 0 Å². The first-order chi connectivity index (χ1) is 10.1. The van der Waals surface area contributed by atoms with Crippen LogP contribution in [0.2, 0.25) is 0 Å². The highest BCUT2D eigenvalue weighted by Crippen LogP contribution is 2.29. The van der Waals surface area contributed by atoms with E-state index in [2.05, 4.69) is 64.8 Å². The van der Waals surface area contributed by atoms with Crippen LogP contribution < -0.4 is 4.74 Å². The van der Waals surface area contributed by atoms with Crippen LogP contribution in [-0.2, 0) is 0 Å². The molecule has 118 valence electrons. The maximum atomic E-state index is 6.01. The van der Waals surface area contributed by atoms with Crippen LogP contribution in [0.5, 0.6) is 5.75 Å². The van der Waals surface area contributed by atoms with Crippen molar-refractivity contribution in [1.29, 1.82) is 0 Å². The van der Waals surface area contributed by atoms with Crippen LogP contribution in [0.3, 0.4) is 0 Å². The van der Waals surface area contributed by atoms with E-state index < -0.39 is 0 Å². The zero-order valence-corrected chi connectivity index (χ0v) is 15.0. The SMILES string of the molecule is CC(C)c1cc(Br)ccc1OCCCN1CCN(C)CC1. The van der Waals surface area contributed by atoms with E-state index in [-0.39, 0.29) is 0 Å². The highest BCUT2D eigenvalue weighted by atomic mass is 79.9. The fourth-order valence-corrected chi connectivity index (χ4v) is 3.02. The lowest BCUT2D eigenvalue weighted by molar-refractivity contribution is 0.145. The van der Waals surface area contributed by atoms with E-state index in [0.717, 1.165) is 29.8 Å². The van der Waals surface area contributed by atoms with Crippen LogP contribution in [0, 0.1) is 0 Å². The van der Waals surface area contributed by atoms with E-state index in [1.807, 2.05) is 0 Å². The third kappa shape index (κ3) is 5.28. The van der Waals surface area contributed by atoms with Gasteiger partial charge in [-0.05, 0) is 43.1 Å². The van der Waals surface area contributed by atoms with Crippen molar-refractivity contribution in [2.24, 2.45) is 0 Å². The molecule has 0 radical (unpaired) electrons. The summed E-state index contributed by atoms with van der Waals surface area (Å²) in [7, 11) is 2.20. The summed E-state index contributed by atoms with van der Waals surface area (Å²) in [5.41, 5.74) is 1.28. The molecule has 1 fully saturated rings. The molecule has 0 atom stereocenters. The number of halogens is 1. The van der Waals surface area contributed by atoms with Crippen LogP contribution in [0.15, 0.2) is 22.7 Å². The minimum absolute atomic E-state index is 0.482. The fourth-order valence-electron chi connectivity index (χ4n) is 2.64. The second-order valence-electron chi connectivity index (χ2n) is 6.18. The Bertz CT molecular complexity index is 442. The normalized spacial score (nSPS) is 17.4. The van der Waals surface area contributed by atoms with Crippen molar-refractivity contribution >= 4 is 15.9 Å². The second-order valence-corrected chi connectivity index (χ2v) is 7.10. The molecule has 1 saturated heterocycles. The Balaban J connectivity index is 1.76. The molecular formula is C17H27BrN2O. The molecule has 2 rings (SSSR count). The molecule has 1 aromatic rings. The van der Waals surface area contributed by atoms with Crippen molar-refractivity contribution in [2.75, 3.05) is 46.4 Å². The molecule has 1 aliphatic heterocycles. The summed E-state index contributed by atoms with van der Waals surface area (Å²) in [6.07, 6.45) is 1.09. The molecule has 0 bridgehead atoms. The molecule has 3 nitrogen and oxygen atoms in total. The highest BCUT2D eigenvalue weighted by Gasteiger charge is 2.13. The van der Waals surface area contributed by atoms with E-state index in [4.69, 9.17) is 4.74 Å². The quantitative estimate of drug-likeness (QED) is 0.726. The number of ether oxygens (including phenoxy) is 1. The van der Waals surface area contributed by atoms with Crippen molar-refractivity contribution in [3.05, 3.63) is 28.2 Å². The Morgan fingerprint density at radius 3 is 2.57 bits per heavy atom. The van der Waals surface area contributed by atoms with E-state index in [0.29, 0.717) is 5.92 Å². The van der Waals surface area contributed by atoms with Gasteiger partial charge in [-0.25, -0.2) is 0 Å². The van der Waals surface area contributed by atoms with Crippen LogP contribution in [0.4, 0.5) is 0 Å². The number of benzene rings is 1. The Morgan fingerprint density at radius 1 is 1.19 bits per heavy atom. The first-order valence-corrected chi connectivity index (χ1v) is 8.68. The van der Waals surface area contributed by atoms with E-state index in [1.165, 1.54) is 31.7 Å². The minimum Gasteiger partial charge on any atom is -0.493 e. The summed E-state index contributed by atoms with van der Waals surface area (Å²) in [5.74, 6) is 1.52. The van der Waals surface area contributed by atoms with Crippen molar-refractivity contribution in [2.45, 2.75) is 26.2 Å². The van der Waals surface area contributed by atoms with Gasteiger partial charge in [0.1, 0.15) is 5.75 Å². The molecule has 0 amide bonds. The van der Waals surface area contributed by atoms with Gasteiger partial charge in [0.25, 0.3) is 0 Å². The third-order valence-electron chi connectivity index (χ3n) is 4.07. The summed E-state index contributed by atoms with van der Waals surface area (Å²) >= 11 is 3.54. The summed E-state index contributed by atoms with van der Waals surface area (Å²) in [6, 6.07) is 6.30. The van der Waals surface area contributed by atoms with Crippen LogP contribution in [-0.4, -0.2) is 56.2 Å². The molecular weight excluding hydrogens is 328 g/mol. The Morgan fingerprint density at radius 2 is 1.90 bits per heavy atom. The Labute approximate surface area is 137 Å². The van der Waals surface area contributed by atoms with Crippen LogP contribution in [0.25, 0.3) is 0 Å². The summed E-state index contributed by atoms with van der Waals surface area (Å²) in [4.78, 5) is 4.93. The fraction of sp³-hybridized carbons (Fsp3) is 0.647. The van der Waals surface area contributed by atoms with Crippen molar-refractivity contribution < 1.29 is 4.74 Å². The predicted molar refractivity (Wildman–Crippen MR) is 92.3 cm³/mol. The van der Waals surface area contributed by atoms with Gasteiger partial charge in [0.05, 0.1) is 6.61 Å². The second kappa shape index (κ2) is 8.16. The molecule has 1 heterocycles. The smallest absolute Gasteiger partial charge is 0.122 e. The lowest BCUT2D eigenvalue weighted by Gasteiger charge is -2.32. The van der Waals surface area contributed by atoms with Gasteiger partial charge >= 0.3 is 0 Å². The topological polar surface area (TPSA) is 15.7 Å². The average molecular weight is 355 g/mol. The molecule has 1 aliphatic rings. The van der Waals surface area contributed by atoms with Gasteiger partial charge < -0.3 is 14.5 Å². The Kier molecular flexibility index (Phi) is 6.52. The zero-order chi connectivity index (χ0) is 15.2. The van der Waals surface area contributed by atoms with E-state index >= 15 is 0 Å². The summed E-state index contributed by atoms with van der Waals surface area (Å²) < 4.78 is 7.13. The largest absolute Gasteiger partial charge is 0.493 e. The molecule has 0 saturated carbocycles. The third-order valence-corrected chi connectivity index (χ3v) is 4.56. The molecule has 21 heavy (non-hydrogen) atoms. The van der Waals surface area contributed by atoms with Gasteiger partial charge in [0.2, 0.25) is 0 Å². The van der Waals surface area contributed by atoms with Gasteiger partial charge in [-0.3, -0.25) is 0 Å². The predicted octanol–water partition coefficient (Wildman–Crippen LogP) is 3.59. The van der Waals surface area contributed by atoms with Crippen LogP contribution in [0.1, 0.15) is 31.7 Å². The number of hydrogen-bond acceptors (Lipinski definition) is 3. The van der Waals surface area contributed by atoms with Gasteiger partial charge in [-0.1, -0.05) is 29.8 Å². The Hall–Kier alpha value is -0.580. The lowest BCUT2D eigenvalue weighted by atomic mass is 10.0. The monoisotopic (exact) mass is 354 g/mol. The van der Waals surface area contributed by atoms with Gasteiger partial charge in [-0.2, -0.15) is 0 Å². The maximum absolute atomic E-state index is 6.01. The first kappa shape index (κ1) is 16.8. The first-order valence-electron chi connectivity index (χ1n) is 7.89. The lowest BCUT2D eigenvalue weighted by Crippen LogP contribution is -2.44. The minimum atomic E-state index is 0.482. The van der Waals surface area contributed by atoms with Gasteiger partial charge in [-0.15, -0.1) is 0 Å². The van der Waals surface area contributed by atoms with Crippen LogP contribution >= 0.6 is 15.9 Å². The summed E-state index contributed by atoms with van der Waals surface area (Å²) in [6.45, 7) is 11.1. The average Bonchev–Trinajstić information content (AvgIpc) is 2.46. The highest BCUT2D eigenvalue weighted by molar-refractivity contribution is 9.10. The molecule has 0 aromatic heterocycles. The molecule has 0 unspecified atom stereocenters. The van der Waals surface area contributed by atoms with Crippen molar-refractivity contribution in [3.8, 4) is 5.75 Å². The number of hydrogen-bond donors (Lipinski definition) is 0. The number of nitrogens with zero attached hydrogens (tertiary/aromatic N) is 2. The van der Waals surface area contributed by atoms with Crippen molar-refractivity contribution in [1.82, 2.24) is 9.80 Å². The zero-order valence-electron chi connectivity index (χ0n) is 13.4. The molecule has 0 spiro atoms. The molecule has 1 aromatic carbocycles. The molecule has 4 heteroatoms. The standard InChI is InChI=1S/C17H27BrN2O/c1-14(2)16-13-15(18)5-6-17(16)21-12-4-7-20-10-8-19(3)9-11-20/h5-6,13-14H,4,7-12H2,1-3H3. The van der Waals surface area contributed by atoms with E-state index in [9.17, 15) is 0 Å². The number of piperazine rings is 1.